The molecule has 0 unspecified atom stereocenters. The third-order valence-corrected chi connectivity index (χ3v) is 4.72. The van der Waals surface area contributed by atoms with Gasteiger partial charge in [0.05, 0.1) is 18.4 Å². The summed E-state index contributed by atoms with van der Waals surface area (Å²) in [6.45, 7) is -0.783. The van der Waals surface area contributed by atoms with Gasteiger partial charge in [-0.1, -0.05) is 5.16 Å². The number of rotatable bonds is 8. The maximum Gasteiger partial charge on any atom is 0.406 e. The number of amides is 1. The van der Waals surface area contributed by atoms with Crippen molar-refractivity contribution in [2.75, 3.05) is 31.1 Å². The third-order valence-electron chi connectivity index (χ3n) is 4.72. The minimum atomic E-state index is -4.57. The second-order valence-electron chi connectivity index (χ2n) is 7.12. The lowest BCUT2D eigenvalue weighted by atomic mass is 10.1. The van der Waals surface area contributed by atoms with Crippen molar-refractivity contribution in [1.29, 1.82) is 0 Å². The van der Waals surface area contributed by atoms with E-state index in [4.69, 9.17) is 15.0 Å². The minimum absolute atomic E-state index is 0.00474. The Morgan fingerprint density at radius 1 is 1.26 bits per heavy atom. The van der Waals surface area contributed by atoms with Gasteiger partial charge in [-0.2, -0.15) is 13.2 Å². The van der Waals surface area contributed by atoms with Crippen molar-refractivity contribution in [3.8, 4) is 0 Å². The number of hydrogen-bond acceptors (Lipinski definition) is 6. The van der Waals surface area contributed by atoms with E-state index in [9.17, 15) is 18.0 Å². The minimum Gasteiger partial charge on any atom is -0.467 e. The number of carbonyl (C=O) groups is 1. The van der Waals surface area contributed by atoms with Crippen LogP contribution in [0.2, 0.25) is 0 Å². The van der Waals surface area contributed by atoms with E-state index >= 15 is 0 Å². The number of pyridine rings is 1. The van der Waals surface area contributed by atoms with E-state index in [0.29, 0.717) is 16.3 Å². The zero-order valence-corrected chi connectivity index (χ0v) is 16.8. The quantitative estimate of drug-likeness (QED) is 0.386. The Kier molecular flexibility index (Phi) is 7.37. The van der Waals surface area contributed by atoms with Crippen molar-refractivity contribution < 1.29 is 27.2 Å². The lowest BCUT2D eigenvalue weighted by Crippen LogP contribution is -2.40. The number of nitrogens with two attached hydrogens (primary N) is 1. The van der Waals surface area contributed by atoms with Gasteiger partial charge in [0.1, 0.15) is 18.1 Å². The van der Waals surface area contributed by atoms with Crippen LogP contribution in [0.1, 0.15) is 30.6 Å². The van der Waals surface area contributed by atoms with Crippen molar-refractivity contribution in [3.05, 3.63) is 48.0 Å². The Hall–Kier alpha value is -3.24. The highest BCUT2D eigenvalue weighted by Crippen LogP contribution is 2.22. The van der Waals surface area contributed by atoms with Gasteiger partial charge in [0.2, 0.25) is 0 Å². The average molecular weight is 439 g/mol. The molecule has 8 nitrogen and oxygen atoms in total. The van der Waals surface area contributed by atoms with Crippen LogP contribution < -0.4 is 10.6 Å². The second-order valence-corrected chi connectivity index (χ2v) is 7.12. The normalized spacial score (nSPS) is 15.1. The van der Waals surface area contributed by atoms with E-state index in [0.717, 1.165) is 32.4 Å². The summed E-state index contributed by atoms with van der Waals surface area (Å²) in [7, 11) is 0. The number of oxime groups is 1. The first-order valence-electron chi connectivity index (χ1n) is 9.86. The number of carbonyl (C=O) groups excluding carboxylic acids is 1. The monoisotopic (exact) mass is 439 g/mol. The summed E-state index contributed by atoms with van der Waals surface area (Å²) < 4.78 is 43.6. The Labute approximate surface area is 177 Å². The Morgan fingerprint density at radius 3 is 2.71 bits per heavy atom. The van der Waals surface area contributed by atoms with Gasteiger partial charge < -0.3 is 24.8 Å². The summed E-state index contributed by atoms with van der Waals surface area (Å²) in [5, 5.41) is 3.74. The first-order chi connectivity index (χ1) is 14.8. The van der Waals surface area contributed by atoms with Crippen LogP contribution in [0.5, 0.6) is 0 Å². The number of alkyl halides is 3. The number of halogens is 3. The highest BCUT2D eigenvalue weighted by atomic mass is 19.4. The highest BCUT2D eigenvalue weighted by Gasteiger charge is 2.33. The Morgan fingerprint density at radius 2 is 2.03 bits per heavy atom. The van der Waals surface area contributed by atoms with Crippen LogP contribution in [0, 0.1) is 0 Å². The first-order valence-corrected chi connectivity index (χ1v) is 9.86. The number of amidine groups is 1. The van der Waals surface area contributed by atoms with E-state index in [1.807, 2.05) is 0 Å². The molecule has 2 aromatic heterocycles. The molecular formula is C20H24F3N5O3. The van der Waals surface area contributed by atoms with Gasteiger partial charge in [0.25, 0.3) is 5.91 Å². The van der Waals surface area contributed by atoms with Crippen LogP contribution in [0.4, 0.5) is 19.0 Å². The maximum absolute atomic E-state index is 12.9. The van der Waals surface area contributed by atoms with Gasteiger partial charge in [-0.25, -0.2) is 4.98 Å². The largest absolute Gasteiger partial charge is 0.467 e. The molecule has 0 aliphatic carbocycles. The number of aromatic nitrogens is 1. The molecule has 1 aliphatic rings. The lowest BCUT2D eigenvalue weighted by molar-refractivity contribution is -0.165. The smallest absolute Gasteiger partial charge is 0.406 e. The van der Waals surface area contributed by atoms with E-state index < -0.39 is 25.2 Å². The summed E-state index contributed by atoms with van der Waals surface area (Å²) in [6, 6.07) is 6.44. The van der Waals surface area contributed by atoms with Crippen molar-refractivity contribution in [2.24, 2.45) is 10.9 Å². The standard InChI is InChI=1S/C20H24F3N5O3/c21-20(22,23)14-28(12-15-6-5-11-30-15)17(29)13-31-26-18(24)16-7-4-8-25-19(16)27-9-2-1-3-10-27/h4-8,11H,1-3,9-10,12-14H2,(H2,24,26). The van der Waals surface area contributed by atoms with E-state index in [2.05, 4.69) is 15.0 Å². The second kappa shape index (κ2) is 10.2. The summed E-state index contributed by atoms with van der Waals surface area (Å²) in [4.78, 5) is 24.4. The summed E-state index contributed by atoms with van der Waals surface area (Å²) in [6.07, 6.45) is 1.64. The predicted octanol–water partition coefficient (Wildman–Crippen LogP) is 2.89. The summed E-state index contributed by atoms with van der Waals surface area (Å²) in [5.74, 6) is -0.0142. The molecule has 3 heterocycles. The van der Waals surface area contributed by atoms with Gasteiger partial charge in [-0.05, 0) is 43.5 Å². The fraction of sp³-hybridized carbons (Fsp3) is 0.450. The number of anilines is 1. The zero-order valence-electron chi connectivity index (χ0n) is 16.8. The molecule has 0 radical (unpaired) electrons. The van der Waals surface area contributed by atoms with Crippen molar-refractivity contribution in [1.82, 2.24) is 9.88 Å². The van der Waals surface area contributed by atoms with Crippen LogP contribution in [-0.2, 0) is 16.2 Å². The van der Waals surface area contributed by atoms with Crippen molar-refractivity contribution >= 4 is 17.6 Å². The molecule has 0 spiro atoms. The number of furan rings is 1. The van der Waals surface area contributed by atoms with Gasteiger partial charge in [0.15, 0.2) is 12.4 Å². The molecule has 0 atom stereocenters. The Balaban J connectivity index is 1.65. The molecule has 1 fully saturated rings. The van der Waals surface area contributed by atoms with Gasteiger partial charge in [0, 0.05) is 19.3 Å². The van der Waals surface area contributed by atoms with Crippen LogP contribution >= 0.6 is 0 Å². The molecule has 1 aliphatic heterocycles. The average Bonchev–Trinajstić information content (AvgIpc) is 3.26. The van der Waals surface area contributed by atoms with Gasteiger partial charge >= 0.3 is 6.18 Å². The third kappa shape index (κ3) is 6.63. The predicted molar refractivity (Wildman–Crippen MR) is 107 cm³/mol. The molecule has 1 saturated heterocycles. The van der Waals surface area contributed by atoms with Crippen LogP contribution in [0.25, 0.3) is 0 Å². The first kappa shape index (κ1) is 22.4. The van der Waals surface area contributed by atoms with Gasteiger partial charge in [-0.3, -0.25) is 4.79 Å². The highest BCUT2D eigenvalue weighted by molar-refractivity contribution is 6.01. The van der Waals surface area contributed by atoms with Crippen LogP contribution in [-0.4, -0.2) is 54.0 Å². The van der Waals surface area contributed by atoms with Crippen LogP contribution in [0.15, 0.2) is 46.3 Å². The number of hydrogen-bond donors (Lipinski definition) is 1. The fourth-order valence-corrected chi connectivity index (χ4v) is 3.29. The molecule has 2 aromatic rings. The molecular weight excluding hydrogens is 415 g/mol. The van der Waals surface area contributed by atoms with Crippen LogP contribution in [0.3, 0.4) is 0 Å². The fourth-order valence-electron chi connectivity index (χ4n) is 3.29. The Bertz CT molecular complexity index is 880. The lowest BCUT2D eigenvalue weighted by Gasteiger charge is -2.29. The maximum atomic E-state index is 12.9. The van der Waals surface area contributed by atoms with E-state index in [1.165, 1.54) is 18.4 Å². The topological polar surface area (TPSA) is 97.2 Å². The molecule has 11 heteroatoms. The summed E-state index contributed by atoms with van der Waals surface area (Å²) >= 11 is 0. The zero-order chi connectivity index (χ0) is 22.3. The van der Waals surface area contributed by atoms with E-state index in [1.54, 1.807) is 18.3 Å². The van der Waals surface area contributed by atoms with Crippen molar-refractivity contribution in [3.63, 3.8) is 0 Å². The number of nitrogens with zero attached hydrogens (tertiary/aromatic N) is 4. The van der Waals surface area contributed by atoms with Crippen molar-refractivity contribution in [2.45, 2.75) is 32.0 Å². The summed E-state index contributed by atoms with van der Waals surface area (Å²) in [5.41, 5.74) is 6.56. The molecule has 1 amide bonds. The molecule has 31 heavy (non-hydrogen) atoms. The SMILES string of the molecule is NC(=NOCC(=O)N(Cc1ccco1)CC(F)(F)F)c1cccnc1N1CCCCC1. The molecule has 168 valence electrons. The number of piperidine rings is 1. The molecule has 0 saturated carbocycles. The molecule has 2 N–H and O–H groups in total. The molecule has 0 bridgehead atoms. The molecule has 0 aromatic carbocycles. The molecule has 3 rings (SSSR count). The van der Waals surface area contributed by atoms with E-state index in [-0.39, 0.29) is 18.1 Å². The van der Waals surface area contributed by atoms with Gasteiger partial charge in [-0.15, -0.1) is 0 Å².